The Morgan fingerprint density at radius 3 is 2.83 bits per heavy atom. The lowest BCUT2D eigenvalue weighted by molar-refractivity contribution is -0.125. The van der Waals surface area contributed by atoms with Crippen molar-refractivity contribution in [2.75, 3.05) is 24.5 Å². The van der Waals surface area contributed by atoms with E-state index >= 15 is 0 Å². The molecule has 0 spiro atoms. The summed E-state index contributed by atoms with van der Waals surface area (Å²) in [5.74, 6) is 3.85. The smallest absolute Gasteiger partial charge is 0.225 e. The minimum atomic E-state index is 0.0718. The lowest BCUT2D eigenvalue weighted by Gasteiger charge is -2.32. The van der Waals surface area contributed by atoms with Gasteiger partial charge in [0.25, 0.3) is 0 Å². The number of carbonyl (C=O) groups excluding carboxylic acids is 1. The van der Waals surface area contributed by atoms with Crippen molar-refractivity contribution in [3.8, 4) is 0 Å². The van der Waals surface area contributed by atoms with Crippen molar-refractivity contribution < 1.29 is 4.79 Å². The van der Waals surface area contributed by atoms with Crippen molar-refractivity contribution in [1.29, 1.82) is 0 Å². The Labute approximate surface area is 144 Å². The normalized spacial score (nSPS) is 32.1. The van der Waals surface area contributed by atoms with Crippen LogP contribution in [0.25, 0.3) is 0 Å². The second-order valence-corrected chi connectivity index (χ2v) is 7.85. The van der Waals surface area contributed by atoms with Crippen LogP contribution in [0.1, 0.15) is 44.9 Å². The van der Waals surface area contributed by atoms with E-state index in [1.165, 1.54) is 32.1 Å². The van der Waals surface area contributed by atoms with Crippen LogP contribution in [0, 0.1) is 23.7 Å². The van der Waals surface area contributed by atoms with Gasteiger partial charge in [-0.25, -0.2) is 9.97 Å². The molecule has 3 fully saturated rings. The van der Waals surface area contributed by atoms with Gasteiger partial charge in [0, 0.05) is 32.0 Å². The van der Waals surface area contributed by atoms with Gasteiger partial charge in [0.05, 0.1) is 5.92 Å². The highest BCUT2D eigenvalue weighted by atomic mass is 16.1. The molecular formula is C19H28N4O. The number of aromatic nitrogens is 2. The quantitative estimate of drug-likeness (QED) is 0.903. The lowest BCUT2D eigenvalue weighted by atomic mass is 9.86. The van der Waals surface area contributed by atoms with Gasteiger partial charge in [0.15, 0.2) is 0 Å². The van der Waals surface area contributed by atoms with Crippen molar-refractivity contribution >= 4 is 11.9 Å². The zero-order valence-corrected chi connectivity index (χ0v) is 14.4. The number of carbonyl (C=O) groups is 1. The summed E-state index contributed by atoms with van der Waals surface area (Å²) < 4.78 is 0. The Hall–Kier alpha value is -1.65. The van der Waals surface area contributed by atoms with Crippen LogP contribution in [-0.4, -0.2) is 35.5 Å². The first kappa shape index (κ1) is 15.9. The highest BCUT2D eigenvalue weighted by molar-refractivity contribution is 5.79. The van der Waals surface area contributed by atoms with Gasteiger partial charge in [-0.1, -0.05) is 6.42 Å². The molecule has 3 aliphatic rings. The van der Waals surface area contributed by atoms with Crippen molar-refractivity contribution in [1.82, 2.24) is 15.3 Å². The summed E-state index contributed by atoms with van der Waals surface area (Å²) in [6.07, 6.45) is 12.4. The summed E-state index contributed by atoms with van der Waals surface area (Å²) in [5, 5.41) is 3.20. The van der Waals surface area contributed by atoms with Crippen molar-refractivity contribution in [3.05, 3.63) is 18.5 Å². The number of hydrogen-bond donors (Lipinski definition) is 1. The number of nitrogens with one attached hydrogen (secondary N) is 1. The second-order valence-electron chi connectivity index (χ2n) is 7.85. The predicted octanol–water partition coefficient (Wildman–Crippen LogP) is 2.64. The van der Waals surface area contributed by atoms with Gasteiger partial charge in [-0.3, -0.25) is 4.79 Å². The molecular weight excluding hydrogens is 300 g/mol. The largest absolute Gasteiger partial charge is 0.356 e. The minimum absolute atomic E-state index is 0.0718. The maximum Gasteiger partial charge on any atom is 0.225 e. The van der Waals surface area contributed by atoms with Gasteiger partial charge in [-0.2, -0.15) is 0 Å². The third kappa shape index (κ3) is 3.40. The van der Waals surface area contributed by atoms with Crippen LogP contribution in [0.3, 0.4) is 0 Å². The zero-order valence-electron chi connectivity index (χ0n) is 14.4. The molecule has 0 radical (unpaired) electrons. The maximum atomic E-state index is 12.5. The average molecular weight is 328 g/mol. The number of hydrogen-bond acceptors (Lipinski definition) is 4. The van der Waals surface area contributed by atoms with E-state index in [-0.39, 0.29) is 11.8 Å². The topological polar surface area (TPSA) is 58.1 Å². The molecule has 1 aromatic rings. The molecule has 4 atom stereocenters. The van der Waals surface area contributed by atoms with E-state index in [2.05, 4.69) is 20.2 Å². The Morgan fingerprint density at radius 1 is 1.21 bits per heavy atom. The van der Waals surface area contributed by atoms with E-state index in [0.717, 1.165) is 56.2 Å². The highest BCUT2D eigenvalue weighted by Gasteiger charge is 2.39. The molecule has 4 unspecified atom stereocenters. The van der Waals surface area contributed by atoms with E-state index in [4.69, 9.17) is 0 Å². The molecule has 5 heteroatoms. The van der Waals surface area contributed by atoms with Crippen LogP contribution in [0.4, 0.5) is 5.95 Å². The summed E-state index contributed by atoms with van der Waals surface area (Å²) >= 11 is 0. The lowest BCUT2D eigenvalue weighted by Crippen LogP contribution is -2.44. The summed E-state index contributed by atoms with van der Waals surface area (Å²) in [5.41, 5.74) is 0. The Bertz CT molecular complexity index is 564. The van der Waals surface area contributed by atoms with E-state index in [0.29, 0.717) is 0 Å². The van der Waals surface area contributed by atoms with Crippen LogP contribution in [0.2, 0.25) is 0 Å². The Morgan fingerprint density at radius 2 is 2.08 bits per heavy atom. The number of rotatable bonds is 5. The van der Waals surface area contributed by atoms with E-state index < -0.39 is 0 Å². The molecule has 2 saturated carbocycles. The van der Waals surface area contributed by atoms with Crippen LogP contribution >= 0.6 is 0 Å². The monoisotopic (exact) mass is 328 g/mol. The van der Waals surface area contributed by atoms with Crippen LogP contribution in [-0.2, 0) is 4.79 Å². The molecule has 5 nitrogen and oxygen atoms in total. The van der Waals surface area contributed by atoms with Gasteiger partial charge in [-0.05, 0) is 62.3 Å². The number of fused-ring (bicyclic) bond motifs is 2. The molecule has 130 valence electrons. The average Bonchev–Trinajstić information content (AvgIpc) is 3.26. The molecule has 24 heavy (non-hydrogen) atoms. The van der Waals surface area contributed by atoms with Gasteiger partial charge in [-0.15, -0.1) is 0 Å². The fraction of sp³-hybridized carbons (Fsp3) is 0.737. The van der Waals surface area contributed by atoms with Gasteiger partial charge in [0.2, 0.25) is 11.9 Å². The first-order valence-electron chi connectivity index (χ1n) is 9.59. The fourth-order valence-corrected chi connectivity index (χ4v) is 5.08. The number of nitrogens with zero attached hydrogens (tertiary/aromatic N) is 3. The SMILES string of the molecule is O=C(NCCC1CC2CCC1C2)C1CCCN(c2ncccn2)C1. The summed E-state index contributed by atoms with van der Waals surface area (Å²) in [4.78, 5) is 23.3. The van der Waals surface area contributed by atoms with Crippen LogP contribution in [0.5, 0.6) is 0 Å². The van der Waals surface area contributed by atoms with Gasteiger partial charge >= 0.3 is 0 Å². The molecule has 1 aliphatic heterocycles. The minimum Gasteiger partial charge on any atom is -0.356 e. The zero-order chi connectivity index (χ0) is 16.4. The van der Waals surface area contributed by atoms with Crippen LogP contribution in [0.15, 0.2) is 18.5 Å². The highest BCUT2D eigenvalue weighted by Crippen LogP contribution is 2.49. The molecule has 1 aromatic heterocycles. The molecule has 1 saturated heterocycles. The maximum absolute atomic E-state index is 12.5. The van der Waals surface area contributed by atoms with Crippen LogP contribution < -0.4 is 10.2 Å². The molecule has 2 aliphatic carbocycles. The Kier molecular flexibility index (Phi) is 4.67. The molecule has 1 amide bonds. The second kappa shape index (κ2) is 7.08. The predicted molar refractivity (Wildman–Crippen MR) is 93.5 cm³/mol. The molecule has 2 heterocycles. The van der Waals surface area contributed by atoms with Crippen molar-refractivity contribution in [2.45, 2.75) is 44.9 Å². The third-order valence-corrected chi connectivity index (χ3v) is 6.33. The number of piperidine rings is 1. The first-order chi connectivity index (χ1) is 11.8. The number of amides is 1. The van der Waals surface area contributed by atoms with Gasteiger partial charge in [0.1, 0.15) is 0 Å². The van der Waals surface area contributed by atoms with Gasteiger partial charge < -0.3 is 10.2 Å². The molecule has 4 rings (SSSR count). The molecule has 2 bridgehead atoms. The van der Waals surface area contributed by atoms with E-state index in [1.807, 2.05) is 6.07 Å². The van der Waals surface area contributed by atoms with E-state index in [9.17, 15) is 4.79 Å². The summed E-state index contributed by atoms with van der Waals surface area (Å²) in [7, 11) is 0. The van der Waals surface area contributed by atoms with Crippen molar-refractivity contribution in [2.24, 2.45) is 23.7 Å². The number of anilines is 1. The van der Waals surface area contributed by atoms with E-state index in [1.54, 1.807) is 12.4 Å². The molecule has 0 aromatic carbocycles. The Balaban J connectivity index is 1.24. The molecule has 1 N–H and O–H groups in total. The summed E-state index contributed by atoms with van der Waals surface area (Å²) in [6.45, 7) is 2.54. The fourth-order valence-electron chi connectivity index (χ4n) is 5.08. The summed E-state index contributed by atoms with van der Waals surface area (Å²) in [6, 6.07) is 1.83. The van der Waals surface area contributed by atoms with Crippen molar-refractivity contribution in [3.63, 3.8) is 0 Å². The first-order valence-corrected chi connectivity index (χ1v) is 9.59. The third-order valence-electron chi connectivity index (χ3n) is 6.33. The standard InChI is InChI=1S/C19H28N4O/c24-18(20-9-6-16-12-14-4-5-15(16)11-14)17-3-1-10-23(13-17)19-21-7-2-8-22-19/h2,7-8,14-17H,1,3-6,9-13H2,(H,20,24).